The van der Waals surface area contributed by atoms with E-state index in [1.165, 1.54) is 0 Å². The quantitative estimate of drug-likeness (QED) is 0.740. The average molecular weight is 307 g/mol. The molecule has 1 amide bonds. The molecule has 8 heteroatoms. The molecule has 2 unspecified atom stereocenters. The first-order chi connectivity index (χ1) is 9.74. The number of amides is 1. The third-order valence-corrected chi connectivity index (χ3v) is 4.08. The predicted molar refractivity (Wildman–Crippen MR) is 65.1 cm³/mol. The molecule has 0 aromatic carbocycles. The summed E-state index contributed by atoms with van der Waals surface area (Å²) in [5.41, 5.74) is 0. The summed E-state index contributed by atoms with van der Waals surface area (Å²) < 4.78 is 37.5. The fourth-order valence-corrected chi connectivity index (χ4v) is 3.31. The van der Waals surface area contributed by atoms with Crippen LogP contribution in [0.3, 0.4) is 0 Å². The van der Waals surface area contributed by atoms with E-state index >= 15 is 0 Å². The lowest BCUT2D eigenvalue weighted by Crippen LogP contribution is -2.47. The van der Waals surface area contributed by atoms with Crippen LogP contribution in [0.4, 0.5) is 13.2 Å². The highest BCUT2D eigenvalue weighted by Crippen LogP contribution is 2.48. The minimum absolute atomic E-state index is 0.302. The lowest BCUT2D eigenvalue weighted by molar-refractivity contribution is -0.167. The summed E-state index contributed by atoms with van der Waals surface area (Å²) in [5.74, 6) is -4.61. The van der Waals surface area contributed by atoms with Crippen molar-refractivity contribution >= 4 is 11.9 Å². The van der Waals surface area contributed by atoms with Crippen LogP contribution < -0.4 is 0 Å². The fraction of sp³-hybridized carbons (Fsp3) is 0.692. The lowest BCUT2D eigenvalue weighted by Gasteiger charge is -2.31. The number of carboxylic acid groups (broad SMARTS) is 1. The Balaban J connectivity index is 2.19. The van der Waals surface area contributed by atoms with Gasteiger partial charge in [-0.25, -0.2) is 0 Å². The van der Waals surface area contributed by atoms with Gasteiger partial charge in [-0.2, -0.15) is 13.2 Å². The molecule has 2 aliphatic carbocycles. The molecule has 2 rings (SSSR count). The summed E-state index contributed by atoms with van der Waals surface area (Å²) in [4.78, 5) is 24.1. The number of carbonyl (C=O) groups excluding carboxylic acids is 1. The van der Waals surface area contributed by atoms with E-state index in [1.807, 2.05) is 0 Å². The Bertz CT molecular complexity index is 463. The van der Waals surface area contributed by atoms with Gasteiger partial charge in [0.05, 0.1) is 18.4 Å². The van der Waals surface area contributed by atoms with Crippen molar-refractivity contribution in [1.29, 1.82) is 0 Å². The Morgan fingerprint density at radius 3 is 2.24 bits per heavy atom. The molecule has 1 saturated carbocycles. The van der Waals surface area contributed by atoms with Crippen molar-refractivity contribution in [3.63, 3.8) is 0 Å². The Labute approximate surface area is 119 Å². The number of allylic oxidation sites excluding steroid dienone is 2. The molecule has 2 aliphatic rings. The maximum absolute atomic E-state index is 12.5. The van der Waals surface area contributed by atoms with Gasteiger partial charge in [0.15, 0.2) is 0 Å². The number of hydrogen-bond acceptors (Lipinski definition) is 3. The topological polar surface area (TPSA) is 77.8 Å². The highest BCUT2D eigenvalue weighted by molar-refractivity contribution is 5.87. The molecule has 0 heterocycles. The summed E-state index contributed by atoms with van der Waals surface area (Å²) in [5, 5.41) is 18.1. The number of alkyl halides is 3. The summed E-state index contributed by atoms with van der Waals surface area (Å²) in [7, 11) is 0. The van der Waals surface area contributed by atoms with Crippen LogP contribution in [0.2, 0.25) is 0 Å². The van der Waals surface area contributed by atoms with Gasteiger partial charge in [-0.1, -0.05) is 12.2 Å². The minimum atomic E-state index is -4.59. The average Bonchev–Trinajstić information content (AvgIpc) is 2.95. The predicted octanol–water partition coefficient (Wildman–Crippen LogP) is 0.893. The molecular weight excluding hydrogens is 291 g/mol. The molecule has 0 aromatic rings. The van der Waals surface area contributed by atoms with Crippen LogP contribution in [-0.4, -0.2) is 52.9 Å². The molecule has 2 bridgehead atoms. The Morgan fingerprint density at radius 2 is 1.76 bits per heavy atom. The zero-order chi connectivity index (χ0) is 15.8. The van der Waals surface area contributed by atoms with Crippen LogP contribution in [0.1, 0.15) is 6.42 Å². The van der Waals surface area contributed by atoms with Crippen LogP contribution in [0, 0.1) is 23.7 Å². The zero-order valence-electron chi connectivity index (χ0n) is 11.1. The van der Waals surface area contributed by atoms with E-state index in [-0.39, 0.29) is 11.8 Å². The number of nitrogens with zero attached hydrogens (tertiary/aromatic N) is 1. The van der Waals surface area contributed by atoms with Gasteiger partial charge in [0.25, 0.3) is 0 Å². The zero-order valence-corrected chi connectivity index (χ0v) is 11.1. The second kappa shape index (κ2) is 5.67. The van der Waals surface area contributed by atoms with Crippen molar-refractivity contribution in [3.05, 3.63) is 12.2 Å². The van der Waals surface area contributed by atoms with Crippen LogP contribution in [0.15, 0.2) is 12.2 Å². The number of aliphatic hydroxyl groups is 1. The van der Waals surface area contributed by atoms with E-state index < -0.39 is 49.6 Å². The number of carbonyl (C=O) groups is 2. The number of rotatable bonds is 5. The highest BCUT2D eigenvalue weighted by Gasteiger charge is 2.53. The van der Waals surface area contributed by atoms with E-state index in [0.29, 0.717) is 11.3 Å². The molecule has 0 saturated heterocycles. The SMILES string of the molecule is O=C(O)[C@@H]1C2C=CC(C2)[C@@H]1C(=O)N(CCO)CC(F)(F)F. The lowest BCUT2D eigenvalue weighted by atomic mass is 9.82. The molecular formula is C13H16F3NO4. The highest BCUT2D eigenvalue weighted by atomic mass is 19.4. The van der Waals surface area contributed by atoms with Crippen molar-refractivity contribution in [1.82, 2.24) is 4.90 Å². The normalized spacial score (nSPS) is 30.7. The third kappa shape index (κ3) is 3.20. The first kappa shape index (κ1) is 15.8. The van der Waals surface area contributed by atoms with Gasteiger partial charge in [0, 0.05) is 6.54 Å². The number of aliphatic carboxylic acids is 1. The molecule has 0 spiro atoms. The Hall–Kier alpha value is -1.57. The van der Waals surface area contributed by atoms with Gasteiger partial charge in [-0.3, -0.25) is 9.59 Å². The molecule has 0 radical (unpaired) electrons. The summed E-state index contributed by atoms with van der Waals surface area (Å²) in [6.45, 7) is -2.53. The van der Waals surface area contributed by atoms with E-state index in [9.17, 15) is 27.9 Å². The first-order valence-corrected chi connectivity index (χ1v) is 6.62. The van der Waals surface area contributed by atoms with E-state index in [0.717, 1.165) is 0 Å². The molecule has 5 nitrogen and oxygen atoms in total. The maximum atomic E-state index is 12.5. The van der Waals surface area contributed by atoms with Crippen molar-refractivity contribution in [3.8, 4) is 0 Å². The number of halogens is 3. The van der Waals surface area contributed by atoms with Gasteiger partial charge in [-0.15, -0.1) is 0 Å². The van der Waals surface area contributed by atoms with Gasteiger partial charge >= 0.3 is 12.1 Å². The molecule has 2 N–H and O–H groups in total. The second-order valence-electron chi connectivity index (χ2n) is 5.44. The van der Waals surface area contributed by atoms with Gasteiger partial charge < -0.3 is 15.1 Å². The number of fused-ring (bicyclic) bond motifs is 2. The molecule has 21 heavy (non-hydrogen) atoms. The summed E-state index contributed by atoms with van der Waals surface area (Å²) in [6.07, 6.45) is -0.686. The smallest absolute Gasteiger partial charge is 0.406 e. The minimum Gasteiger partial charge on any atom is -0.481 e. The van der Waals surface area contributed by atoms with Crippen molar-refractivity contribution in [2.75, 3.05) is 19.7 Å². The monoisotopic (exact) mass is 307 g/mol. The van der Waals surface area contributed by atoms with Crippen LogP contribution in [-0.2, 0) is 9.59 Å². The summed E-state index contributed by atoms with van der Waals surface area (Å²) >= 11 is 0. The fourth-order valence-electron chi connectivity index (χ4n) is 3.31. The van der Waals surface area contributed by atoms with Crippen LogP contribution in [0.5, 0.6) is 0 Å². The number of hydrogen-bond donors (Lipinski definition) is 2. The van der Waals surface area contributed by atoms with E-state index in [1.54, 1.807) is 12.2 Å². The van der Waals surface area contributed by atoms with E-state index in [2.05, 4.69) is 0 Å². The maximum Gasteiger partial charge on any atom is 0.406 e. The molecule has 1 fully saturated rings. The molecule has 0 aromatic heterocycles. The standard InChI is InChI=1S/C13H16F3NO4/c14-13(15,16)6-17(3-4-18)11(19)9-7-1-2-8(5-7)10(9)12(20)21/h1-2,7-10,18H,3-6H2,(H,20,21)/t7?,8?,9-,10+/m0/s1. The Morgan fingerprint density at radius 1 is 1.19 bits per heavy atom. The number of aliphatic hydroxyl groups excluding tert-OH is 1. The first-order valence-electron chi connectivity index (χ1n) is 6.62. The third-order valence-electron chi connectivity index (χ3n) is 4.08. The number of carboxylic acids is 1. The largest absolute Gasteiger partial charge is 0.481 e. The van der Waals surface area contributed by atoms with Gasteiger partial charge in [0.1, 0.15) is 6.54 Å². The van der Waals surface area contributed by atoms with Gasteiger partial charge in [0.2, 0.25) is 5.91 Å². The van der Waals surface area contributed by atoms with Crippen molar-refractivity contribution in [2.24, 2.45) is 23.7 Å². The van der Waals surface area contributed by atoms with Crippen LogP contribution in [0.25, 0.3) is 0 Å². The molecule has 0 aliphatic heterocycles. The van der Waals surface area contributed by atoms with Crippen molar-refractivity contribution < 1.29 is 33.0 Å². The van der Waals surface area contributed by atoms with Crippen molar-refractivity contribution in [2.45, 2.75) is 12.6 Å². The van der Waals surface area contributed by atoms with E-state index in [4.69, 9.17) is 5.11 Å². The second-order valence-corrected chi connectivity index (χ2v) is 5.44. The summed E-state index contributed by atoms with van der Waals surface area (Å²) in [6, 6.07) is 0. The Kier molecular flexibility index (Phi) is 4.27. The molecule has 118 valence electrons. The van der Waals surface area contributed by atoms with Gasteiger partial charge in [-0.05, 0) is 18.3 Å². The molecule has 4 atom stereocenters. The van der Waals surface area contributed by atoms with Crippen LogP contribution >= 0.6 is 0 Å².